The van der Waals surface area contributed by atoms with Gasteiger partial charge in [0.15, 0.2) is 0 Å². The molecule has 0 fully saturated rings. The minimum absolute atomic E-state index is 0.0369. The molecule has 0 saturated heterocycles. The molecule has 4 aromatic carbocycles. The minimum atomic E-state index is -3.99. The van der Waals surface area contributed by atoms with Gasteiger partial charge in [0.25, 0.3) is 0 Å². The van der Waals surface area contributed by atoms with Gasteiger partial charge in [-0.3, -0.25) is 0 Å². The Morgan fingerprint density at radius 2 is 1.16 bits per heavy atom. The van der Waals surface area contributed by atoms with Crippen molar-refractivity contribution in [1.82, 2.24) is 0 Å². The third kappa shape index (κ3) is 7.58. The molecule has 0 bridgehead atoms. The number of hydrogen-bond acceptors (Lipinski definition) is 7. The van der Waals surface area contributed by atoms with E-state index in [0.717, 1.165) is 5.56 Å². The topological polar surface area (TPSA) is 128 Å². The molecule has 4 rings (SSSR count). The zero-order valence-corrected chi connectivity index (χ0v) is 21.8. The van der Waals surface area contributed by atoms with E-state index in [1.165, 1.54) is 60.7 Å². The number of amides is 2. The van der Waals surface area contributed by atoms with Gasteiger partial charge in [0.2, 0.25) is 0 Å². The highest BCUT2D eigenvalue weighted by atomic mass is 32.2. The molecule has 2 N–H and O–H groups in total. The summed E-state index contributed by atoms with van der Waals surface area (Å²) in [6.07, 6.45) is 0. The number of urea groups is 1. The van der Waals surface area contributed by atoms with Crippen LogP contribution in [0.25, 0.3) is 0 Å². The first-order valence-electron chi connectivity index (χ1n) is 11.3. The van der Waals surface area contributed by atoms with Gasteiger partial charge < -0.3 is 19.0 Å². The zero-order valence-electron chi connectivity index (χ0n) is 20.2. The Morgan fingerprint density at radius 1 is 0.658 bits per heavy atom. The fourth-order valence-electron chi connectivity index (χ4n) is 3.32. The second kappa shape index (κ2) is 11.4. The second-order valence-electron chi connectivity index (χ2n) is 8.25. The van der Waals surface area contributed by atoms with Crippen LogP contribution in [0, 0.1) is 6.92 Å². The van der Waals surface area contributed by atoms with Crippen LogP contribution >= 0.6 is 0 Å². The van der Waals surface area contributed by atoms with Gasteiger partial charge >= 0.3 is 26.3 Å². The molecule has 38 heavy (non-hydrogen) atoms. The molecule has 11 heteroatoms. The second-order valence-corrected chi connectivity index (χ2v) is 11.4. The van der Waals surface area contributed by atoms with Gasteiger partial charge in [-0.2, -0.15) is 16.8 Å². The van der Waals surface area contributed by atoms with Crippen molar-refractivity contribution in [3.63, 3.8) is 0 Å². The first kappa shape index (κ1) is 26.7. The Kier molecular flexibility index (Phi) is 7.99. The highest BCUT2D eigenvalue weighted by molar-refractivity contribution is 7.87. The molecule has 0 aliphatic rings. The molecular weight excluding hydrogens is 528 g/mol. The first-order valence-corrected chi connectivity index (χ1v) is 14.3. The highest BCUT2D eigenvalue weighted by Gasteiger charge is 2.17. The predicted octanol–water partition coefficient (Wildman–Crippen LogP) is 5.32. The lowest BCUT2D eigenvalue weighted by molar-refractivity contribution is 0.262. The molecule has 0 spiro atoms. The summed E-state index contributed by atoms with van der Waals surface area (Å²) in [5, 5.41) is 5.23. The Morgan fingerprint density at radius 3 is 1.68 bits per heavy atom. The van der Waals surface area contributed by atoms with Crippen LogP contribution in [0.15, 0.2) is 108 Å². The third-order valence-electron chi connectivity index (χ3n) is 5.15. The van der Waals surface area contributed by atoms with Crippen LogP contribution in [0.5, 0.6) is 11.5 Å². The summed E-state index contributed by atoms with van der Waals surface area (Å²) in [6.45, 7) is 1.85. The number of anilines is 2. The third-order valence-corrected chi connectivity index (χ3v) is 7.54. The van der Waals surface area contributed by atoms with Crippen molar-refractivity contribution >= 4 is 37.6 Å². The van der Waals surface area contributed by atoms with Gasteiger partial charge in [-0.15, -0.1) is 0 Å². The Bertz CT molecular complexity index is 1600. The summed E-state index contributed by atoms with van der Waals surface area (Å²) in [4.78, 5) is 12.4. The van der Waals surface area contributed by atoms with Crippen LogP contribution in [0.1, 0.15) is 11.1 Å². The van der Waals surface area contributed by atoms with Gasteiger partial charge in [0.1, 0.15) is 22.1 Å². The van der Waals surface area contributed by atoms with Crippen LogP contribution in [0.2, 0.25) is 0 Å². The van der Waals surface area contributed by atoms with E-state index in [-0.39, 0.29) is 22.1 Å². The van der Waals surface area contributed by atoms with Crippen LogP contribution in [0.3, 0.4) is 0 Å². The summed E-state index contributed by atoms with van der Waals surface area (Å²) in [5.41, 5.74) is 2.33. The SMILES string of the molecule is Cc1ccc(S(=O)(=O)Oc2ccc(NC(=O)Nc3ccc(OS(=O)(=O)Cc4ccccc4)cc3)cc2)cc1. The van der Waals surface area contributed by atoms with Gasteiger partial charge in [0, 0.05) is 11.4 Å². The number of hydrogen-bond donors (Lipinski definition) is 2. The van der Waals surface area contributed by atoms with Crippen LogP contribution in [0.4, 0.5) is 16.2 Å². The number of aryl methyl sites for hydroxylation is 1. The van der Waals surface area contributed by atoms with E-state index >= 15 is 0 Å². The van der Waals surface area contributed by atoms with Crippen molar-refractivity contribution in [1.29, 1.82) is 0 Å². The van der Waals surface area contributed by atoms with Crippen molar-refractivity contribution in [3.8, 4) is 11.5 Å². The van der Waals surface area contributed by atoms with Crippen molar-refractivity contribution in [3.05, 3.63) is 114 Å². The summed E-state index contributed by atoms with van der Waals surface area (Å²) < 4.78 is 59.7. The Labute approximate surface area is 221 Å². The zero-order chi connectivity index (χ0) is 27.2. The standard InChI is InChI=1S/C27H24N2O7S2/c1-20-7-17-26(18-8-20)38(33,34)36-25-15-11-23(12-16-25)29-27(30)28-22-9-13-24(14-10-22)35-37(31,32)19-21-5-3-2-4-6-21/h2-18H,19H2,1H3,(H2,28,29,30). The molecule has 2 amide bonds. The maximum absolute atomic E-state index is 12.4. The van der Waals surface area contributed by atoms with E-state index in [2.05, 4.69) is 10.6 Å². The van der Waals surface area contributed by atoms with Crippen LogP contribution < -0.4 is 19.0 Å². The Hall–Kier alpha value is -4.35. The monoisotopic (exact) mass is 552 g/mol. The number of carbonyl (C=O) groups is 1. The van der Waals surface area contributed by atoms with Crippen molar-refractivity contribution in [2.24, 2.45) is 0 Å². The molecule has 0 aliphatic heterocycles. The molecule has 0 atom stereocenters. The van der Waals surface area contributed by atoms with E-state index in [4.69, 9.17) is 8.37 Å². The van der Waals surface area contributed by atoms with Crippen molar-refractivity contribution in [2.75, 3.05) is 10.6 Å². The van der Waals surface area contributed by atoms with Gasteiger partial charge in [-0.05, 0) is 73.2 Å². The summed E-state index contributed by atoms with van der Waals surface area (Å²) in [6, 6.07) is 26.1. The molecule has 0 heterocycles. The van der Waals surface area contributed by atoms with Crippen LogP contribution in [-0.4, -0.2) is 22.9 Å². The molecule has 0 unspecified atom stereocenters. The van der Waals surface area contributed by atoms with Gasteiger partial charge in [0.05, 0.1) is 0 Å². The minimum Gasteiger partial charge on any atom is -0.382 e. The summed E-state index contributed by atoms with van der Waals surface area (Å²) in [5.74, 6) is -0.0600. The molecule has 0 radical (unpaired) electrons. The number of carbonyl (C=O) groups excluding carboxylic acids is 1. The average Bonchev–Trinajstić information content (AvgIpc) is 2.87. The molecule has 4 aromatic rings. The van der Waals surface area contributed by atoms with E-state index in [0.29, 0.717) is 16.9 Å². The summed E-state index contributed by atoms with van der Waals surface area (Å²) >= 11 is 0. The molecule has 0 aromatic heterocycles. The van der Waals surface area contributed by atoms with Gasteiger partial charge in [-0.1, -0.05) is 48.0 Å². The van der Waals surface area contributed by atoms with E-state index < -0.39 is 26.3 Å². The molecule has 0 saturated carbocycles. The number of benzene rings is 4. The molecule has 0 aliphatic carbocycles. The van der Waals surface area contributed by atoms with E-state index in [1.807, 2.05) is 6.92 Å². The lowest BCUT2D eigenvalue weighted by Gasteiger charge is -2.11. The number of nitrogens with one attached hydrogen (secondary N) is 2. The van der Waals surface area contributed by atoms with E-state index in [1.54, 1.807) is 42.5 Å². The Balaban J connectivity index is 1.30. The fourth-order valence-corrected chi connectivity index (χ4v) is 5.31. The maximum Gasteiger partial charge on any atom is 0.339 e. The maximum atomic E-state index is 12.4. The lowest BCUT2D eigenvalue weighted by atomic mass is 10.2. The fraction of sp³-hybridized carbons (Fsp3) is 0.0741. The number of rotatable bonds is 9. The van der Waals surface area contributed by atoms with Crippen molar-refractivity contribution < 1.29 is 30.0 Å². The predicted molar refractivity (Wildman–Crippen MR) is 144 cm³/mol. The van der Waals surface area contributed by atoms with Gasteiger partial charge in [-0.25, -0.2) is 4.79 Å². The average molecular weight is 553 g/mol. The molecule has 9 nitrogen and oxygen atoms in total. The summed E-state index contributed by atoms with van der Waals surface area (Å²) in [7, 11) is -7.83. The highest BCUT2D eigenvalue weighted by Crippen LogP contribution is 2.22. The quantitative estimate of drug-likeness (QED) is 0.269. The molecular formula is C27H24N2O7S2. The van der Waals surface area contributed by atoms with Crippen molar-refractivity contribution in [2.45, 2.75) is 17.6 Å². The van der Waals surface area contributed by atoms with Crippen LogP contribution in [-0.2, 0) is 26.0 Å². The largest absolute Gasteiger partial charge is 0.382 e. The smallest absolute Gasteiger partial charge is 0.339 e. The normalized spacial score (nSPS) is 11.4. The van der Waals surface area contributed by atoms with E-state index in [9.17, 15) is 21.6 Å². The first-order chi connectivity index (χ1) is 18.1. The molecule has 196 valence electrons. The lowest BCUT2D eigenvalue weighted by Crippen LogP contribution is -2.19.